The van der Waals surface area contributed by atoms with Crippen LogP contribution in [0.25, 0.3) is 0 Å². The second kappa shape index (κ2) is 8.05. The Bertz CT molecular complexity index is 405. The van der Waals surface area contributed by atoms with E-state index in [0.717, 1.165) is 12.8 Å². The molecule has 0 bridgehead atoms. The van der Waals surface area contributed by atoms with Gasteiger partial charge in [0.2, 0.25) is 0 Å². The number of amides is 1. The minimum atomic E-state index is -0.473. The van der Waals surface area contributed by atoms with E-state index in [0.29, 0.717) is 17.2 Å². The second-order valence-electron chi connectivity index (χ2n) is 4.49. The summed E-state index contributed by atoms with van der Waals surface area (Å²) in [6.45, 7) is 6.06. The van der Waals surface area contributed by atoms with Crippen LogP contribution in [0.4, 0.5) is 0 Å². The summed E-state index contributed by atoms with van der Waals surface area (Å²) < 4.78 is 5.70. The summed E-state index contributed by atoms with van der Waals surface area (Å²) >= 11 is 5.90. The number of carbonyl (C=O) groups excluding carboxylic acids is 1. The summed E-state index contributed by atoms with van der Waals surface area (Å²) in [5.41, 5.74) is 0. The van der Waals surface area contributed by atoms with Crippen molar-refractivity contribution < 1.29 is 9.53 Å². The number of ether oxygens (including phenoxy) is 1. The van der Waals surface area contributed by atoms with Gasteiger partial charge < -0.3 is 10.1 Å². The summed E-state index contributed by atoms with van der Waals surface area (Å²) in [5, 5.41) is 3.61. The van der Waals surface area contributed by atoms with E-state index in [9.17, 15) is 4.79 Å². The Morgan fingerprint density at radius 1 is 1.26 bits per heavy atom. The number of benzene rings is 1. The zero-order chi connectivity index (χ0) is 14.3. The average Bonchev–Trinajstić information content (AvgIpc) is 2.41. The first-order valence-corrected chi connectivity index (χ1v) is 7.21. The molecular formula is C15H22ClNO2. The van der Waals surface area contributed by atoms with Gasteiger partial charge in [-0.2, -0.15) is 0 Å². The average molecular weight is 284 g/mol. The predicted octanol–water partition coefficient (Wildman–Crippen LogP) is 3.80. The van der Waals surface area contributed by atoms with Crippen LogP contribution in [-0.2, 0) is 4.79 Å². The van der Waals surface area contributed by atoms with E-state index >= 15 is 0 Å². The zero-order valence-corrected chi connectivity index (χ0v) is 12.5. The standard InChI is InChI=1S/C15H22ClNO2/c1-4-12(5-2)17-15(18)14(6-3)19-13-9-7-8-11(16)10-13/h7-10,12,14H,4-6H2,1-3H3,(H,17,18). The van der Waals surface area contributed by atoms with E-state index in [4.69, 9.17) is 16.3 Å². The van der Waals surface area contributed by atoms with Gasteiger partial charge in [-0.1, -0.05) is 38.4 Å². The van der Waals surface area contributed by atoms with E-state index in [1.165, 1.54) is 0 Å². The first-order valence-electron chi connectivity index (χ1n) is 6.83. The van der Waals surface area contributed by atoms with Gasteiger partial charge in [-0.05, 0) is 37.5 Å². The topological polar surface area (TPSA) is 38.3 Å². The molecule has 19 heavy (non-hydrogen) atoms. The molecule has 0 saturated heterocycles. The van der Waals surface area contributed by atoms with E-state index in [1.807, 2.05) is 13.0 Å². The SMILES string of the molecule is CCC(CC)NC(=O)C(CC)Oc1cccc(Cl)c1. The van der Waals surface area contributed by atoms with Gasteiger partial charge in [0.15, 0.2) is 6.10 Å². The van der Waals surface area contributed by atoms with Gasteiger partial charge in [0.1, 0.15) is 5.75 Å². The van der Waals surface area contributed by atoms with Crippen molar-refractivity contribution in [3.05, 3.63) is 29.3 Å². The van der Waals surface area contributed by atoms with Gasteiger partial charge in [0.05, 0.1) is 0 Å². The maximum Gasteiger partial charge on any atom is 0.261 e. The number of carbonyl (C=O) groups is 1. The molecule has 0 aliphatic rings. The number of hydrogen-bond donors (Lipinski definition) is 1. The first kappa shape index (κ1) is 15.8. The Labute approximate surface area is 120 Å². The lowest BCUT2D eigenvalue weighted by Crippen LogP contribution is -2.43. The Morgan fingerprint density at radius 2 is 1.95 bits per heavy atom. The van der Waals surface area contributed by atoms with Crippen molar-refractivity contribution in [2.45, 2.75) is 52.2 Å². The highest BCUT2D eigenvalue weighted by molar-refractivity contribution is 6.30. The number of halogens is 1. The molecule has 0 heterocycles. The third kappa shape index (κ3) is 5.11. The molecule has 0 radical (unpaired) electrons. The molecule has 0 aliphatic carbocycles. The highest BCUT2D eigenvalue weighted by Gasteiger charge is 2.20. The zero-order valence-electron chi connectivity index (χ0n) is 11.8. The Kier molecular flexibility index (Phi) is 6.71. The third-order valence-electron chi connectivity index (χ3n) is 3.07. The van der Waals surface area contributed by atoms with Gasteiger partial charge in [-0.3, -0.25) is 4.79 Å². The van der Waals surface area contributed by atoms with Crippen molar-refractivity contribution >= 4 is 17.5 Å². The molecule has 0 aromatic heterocycles. The maximum atomic E-state index is 12.1. The van der Waals surface area contributed by atoms with Crippen molar-refractivity contribution in [1.29, 1.82) is 0 Å². The molecule has 106 valence electrons. The Hall–Kier alpha value is -1.22. The second-order valence-corrected chi connectivity index (χ2v) is 4.93. The lowest BCUT2D eigenvalue weighted by atomic mass is 10.1. The van der Waals surface area contributed by atoms with Crippen LogP contribution in [-0.4, -0.2) is 18.1 Å². The van der Waals surface area contributed by atoms with Crippen LogP contribution in [0, 0.1) is 0 Å². The molecule has 1 unspecified atom stereocenters. The predicted molar refractivity (Wildman–Crippen MR) is 78.7 cm³/mol. The van der Waals surface area contributed by atoms with Crippen LogP contribution in [0.5, 0.6) is 5.75 Å². The quantitative estimate of drug-likeness (QED) is 0.826. The van der Waals surface area contributed by atoms with E-state index in [2.05, 4.69) is 19.2 Å². The number of rotatable bonds is 7. The summed E-state index contributed by atoms with van der Waals surface area (Å²) in [6.07, 6.45) is 2.00. The van der Waals surface area contributed by atoms with Crippen LogP contribution in [0.2, 0.25) is 5.02 Å². The summed E-state index contributed by atoms with van der Waals surface area (Å²) in [5.74, 6) is 0.565. The lowest BCUT2D eigenvalue weighted by molar-refractivity contribution is -0.128. The molecular weight excluding hydrogens is 262 g/mol. The van der Waals surface area contributed by atoms with Gasteiger partial charge in [0.25, 0.3) is 5.91 Å². The van der Waals surface area contributed by atoms with Gasteiger partial charge in [0, 0.05) is 11.1 Å². The fourth-order valence-electron chi connectivity index (χ4n) is 1.81. The molecule has 1 atom stereocenters. The molecule has 4 heteroatoms. The van der Waals surface area contributed by atoms with E-state index in [-0.39, 0.29) is 11.9 Å². The smallest absolute Gasteiger partial charge is 0.261 e. The largest absolute Gasteiger partial charge is 0.481 e. The summed E-state index contributed by atoms with van der Waals surface area (Å²) in [4.78, 5) is 12.1. The third-order valence-corrected chi connectivity index (χ3v) is 3.30. The molecule has 0 spiro atoms. The maximum absolute atomic E-state index is 12.1. The van der Waals surface area contributed by atoms with Crippen molar-refractivity contribution in [2.24, 2.45) is 0 Å². The van der Waals surface area contributed by atoms with Crippen molar-refractivity contribution in [1.82, 2.24) is 5.32 Å². The van der Waals surface area contributed by atoms with Gasteiger partial charge >= 0.3 is 0 Å². The monoisotopic (exact) mass is 283 g/mol. The minimum absolute atomic E-state index is 0.0591. The van der Waals surface area contributed by atoms with Crippen LogP contribution in [0.1, 0.15) is 40.0 Å². The molecule has 1 N–H and O–H groups in total. The fourth-order valence-corrected chi connectivity index (χ4v) is 1.99. The number of hydrogen-bond acceptors (Lipinski definition) is 2. The fraction of sp³-hybridized carbons (Fsp3) is 0.533. The molecule has 1 rings (SSSR count). The Morgan fingerprint density at radius 3 is 2.47 bits per heavy atom. The minimum Gasteiger partial charge on any atom is -0.481 e. The van der Waals surface area contributed by atoms with Crippen LogP contribution < -0.4 is 10.1 Å². The van der Waals surface area contributed by atoms with Gasteiger partial charge in [-0.15, -0.1) is 0 Å². The first-order chi connectivity index (χ1) is 9.10. The normalized spacial score (nSPS) is 12.3. The molecule has 1 aromatic rings. The Balaban J connectivity index is 2.64. The van der Waals surface area contributed by atoms with E-state index in [1.54, 1.807) is 18.2 Å². The molecule has 0 saturated carbocycles. The molecule has 1 aromatic carbocycles. The highest BCUT2D eigenvalue weighted by Crippen LogP contribution is 2.19. The van der Waals surface area contributed by atoms with Crippen LogP contribution in [0.3, 0.4) is 0 Å². The van der Waals surface area contributed by atoms with Crippen molar-refractivity contribution in [2.75, 3.05) is 0 Å². The van der Waals surface area contributed by atoms with Crippen LogP contribution >= 0.6 is 11.6 Å². The highest BCUT2D eigenvalue weighted by atomic mass is 35.5. The lowest BCUT2D eigenvalue weighted by Gasteiger charge is -2.21. The number of nitrogens with one attached hydrogen (secondary N) is 1. The van der Waals surface area contributed by atoms with Crippen molar-refractivity contribution in [3.8, 4) is 5.75 Å². The van der Waals surface area contributed by atoms with E-state index < -0.39 is 6.10 Å². The van der Waals surface area contributed by atoms with Crippen LogP contribution in [0.15, 0.2) is 24.3 Å². The molecule has 3 nitrogen and oxygen atoms in total. The van der Waals surface area contributed by atoms with Crippen molar-refractivity contribution in [3.63, 3.8) is 0 Å². The summed E-state index contributed by atoms with van der Waals surface area (Å²) in [6, 6.07) is 7.32. The summed E-state index contributed by atoms with van der Waals surface area (Å²) in [7, 11) is 0. The van der Waals surface area contributed by atoms with Gasteiger partial charge in [-0.25, -0.2) is 0 Å². The molecule has 0 fully saturated rings. The molecule has 1 amide bonds. The molecule has 0 aliphatic heterocycles.